The molecule has 7 heteroatoms. The number of ketones is 1. The maximum absolute atomic E-state index is 13.5. The number of nitrogens with zero attached hydrogens (tertiary/aromatic N) is 1. The van der Waals surface area contributed by atoms with Crippen molar-refractivity contribution in [3.05, 3.63) is 110 Å². The fourth-order valence-electron chi connectivity index (χ4n) is 4.55. The number of anilines is 2. The third-order valence-corrected chi connectivity index (χ3v) is 6.40. The van der Waals surface area contributed by atoms with Crippen LogP contribution >= 0.6 is 11.6 Å². The van der Waals surface area contributed by atoms with Crippen molar-refractivity contribution >= 4 is 34.4 Å². The maximum atomic E-state index is 13.5. The molecule has 0 radical (unpaired) electrons. The van der Waals surface area contributed by atoms with E-state index in [1.165, 1.54) is 12.1 Å². The summed E-state index contributed by atoms with van der Waals surface area (Å²) >= 11 is 6.04. The highest BCUT2D eigenvalue weighted by Crippen LogP contribution is 2.44. The average molecular weight is 446 g/mol. The van der Waals surface area contributed by atoms with Crippen LogP contribution in [0.15, 0.2) is 84.1 Å². The quantitative estimate of drug-likeness (QED) is 0.369. The second kappa shape index (κ2) is 8.13. The van der Waals surface area contributed by atoms with Crippen molar-refractivity contribution < 1.29 is 9.72 Å². The van der Waals surface area contributed by atoms with Crippen LogP contribution in [0.4, 0.5) is 17.1 Å². The van der Waals surface area contributed by atoms with Crippen LogP contribution in [-0.2, 0) is 4.79 Å². The molecular formula is C25H20ClN3O3. The van der Waals surface area contributed by atoms with Crippen molar-refractivity contribution in [3.8, 4) is 0 Å². The molecule has 0 unspecified atom stereocenters. The lowest BCUT2D eigenvalue weighted by Crippen LogP contribution is -2.26. The molecule has 0 spiro atoms. The number of carbonyl (C=O) groups excluding carboxylic acids is 1. The number of carbonyl (C=O) groups is 1. The van der Waals surface area contributed by atoms with Crippen molar-refractivity contribution in [1.29, 1.82) is 0 Å². The molecule has 2 N–H and O–H groups in total. The van der Waals surface area contributed by atoms with Crippen LogP contribution in [0.2, 0.25) is 5.02 Å². The van der Waals surface area contributed by atoms with E-state index in [9.17, 15) is 14.9 Å². The molecule has 0 fully saturated rings. The number of nitrogens with one attached hydrogen (secondary N) is 2. The molecule has 0 aromatic heterocycles. The van der Waals surface area contributed by atoms with Crippen LogP contribution in [0.5, 0.6) is 0 Å². The highest BCUT2D eigenvalue weighted by atomic mass is 35.5. The van der Waals surface area contributed by atoms with Gasteiger partial charge in [-0.15, -0.1) is 0 Å². The number of para-hydroxylation sites is 2. The van der Waals surface area contributed by atoms with Gasteiger partial charge in [-0.05, 0) is 41.7 Å². The van der Waals surface area contributed by atoms with E-state index in [2.05, 4.69) is 10.6 Å². The summed E-state index contributed by atoms with van der Waals surface area (Å²) in [5.41, 5.74) is 4.72. The fourth-order valence-corrected chi connectivity index (χ4v) is 4.74. The Morgan fingerprint density at radius 1 is 0.906 bits per heavy atom. The Morgan fingerprint density at radius 3 is 2.38 bits per heavy atom. The summed E-state index contributed by atoms with van der Waals surface area (Å²) < 4.78 is 0. The molecule has 3 aromatic rings. The van der Waals surface area contributed by atoms with Gasteiger partial charge in [-0.1, -0.05) is 60.1 Å². The number of Topliss-reactive ketones (excluding diaryl/α,β-unsaturated/α-hetero) is 1. The highest BCUT2D eigenvalue weighted by Gasteiger charge is 2.36. The summed E-state index contributed by atoms with van der Waals surface area (Å²) in [5, 5.41) is 18.5. The molecule has 0 bridgehead atoms. The molecule has 2 aliphatic rings. The second-order valence-electron chi connectivity index (χ2n) is 8.05. The lowest BCUT2D eigenvalue weighted by atomic mass is 9.78. The Balaban J connectivity index is 1.64. The van der Waals surface area contributed by atoms with E-state index < -0.39 is 11.0 Å². The molecule has 1 heterocycles. The number of fused-ring (bicyclic) bond motifs is 1. The molecule has 0 saturated carbocycles. The summed E-state index contributed by atoms with van der Waals surface area (Å²) in [5.74, 6) is 0.0935. The van der Waals surface area contributed by atoms with Crippen LogP contribution < -0.4 is 10.6 Å². The summed E-state index contributed by atoms with van der Waals surface area (Å²) in [7, 11) is 0. The van der Waals surface area contributed by atoms with Crippen LogP contribution in [0.25, 0.3) is 0 Å². The third kappa shape index (κ3) is 3.63. The highest BCUT2D eigenvalue weighted by molar-refractivity contribution is 6.32. The third-order valence-electron chi connectivity index (χ3n) is 6.08. The molecule has 1 aliphatic heterocycles. The Morgan fingerprint density at radius 2 is 1.62 bits per heavy atom. The monoisotopic (exact) mass is 445 g/mol. The number of nitro benzene ring substituents is 1. The standard InChI is InChI=1S/C25H20ClN3O3/c26-18-11-10-16(13-22(18)29(31)32)25-24-21(27-19-8-4-5-9-20(19)28-25)12-17(14-23(24)30)15-6-2-1-3-7-15/h1-11,13,17,25,27-28H,12,14H2/t17-,25-/m0/s1. The Kier molecular flexibility index (Phi) is 5.15. The van der Waals surface area contributed by atoms with Crippen molar-refractivity contribution in [3.63, 3.8) is 0 Å². The molecule has 160 valence electrons. The normalized spacial score (nSPS) is 19.8. The number of hydrogen-bond acceptors (Lipinski definition) is 5. The SMILES string of the molecule is O=C1C[C@@H](c2ccccc2)CC2=C1[C@H](c1ccc(Cl)c([N+](=O)[O-])c1)Nc1ccccc1N2. The number of nitro groups is 1. The van der Waals surface area contributed by atoms with Gasteiger partial charge in [0.25, 0.3) is 5.69 Å². The minimum Gasteiger partial charge on any atom is -0.372 e. The van der Waals surface area contributed by atoms with Crippen LogP contribution in [0, 0.1) is 10.1 Å². The van der Waals surface area contributed by atoms with Crippen molar-refractivity contribution in [2.75, 3.05) is 10.6 Å². The zero-order valence-electron chi connectivity index (χ0n) is 17.0. The largest absolute Gasteiger partial charge is 0.372 e. The lowest BCUT2D eigenvalue weighted by molar-refractivity contribution is -0.384. The molecule has 5 rings (SSSR count). The first-order valence-corrected chi connectivity index (χ1v) is 10.8. The number of rotatable bonds is 3. The fraction of sp³-hybridized carbons (Fsp3) is 0.160. The van der Waals surface area contributed by atoms with E-state index in [4.69, 9.17) is 11.6 Å². The predicted molar refractivity (Wildman–Crippen MR) is 125 cm³/mol. The zero-order chi connectivity index (χ0) is 22.2. The number of hydrogen-bond donors (Lipinski definition) is 2. The Hall–Kier alpha value is -3.64. The lowest BCUT2D eigenvalue weighted by Gasteiger charge is -2.30. The van der Waals surface area contributed by atoms with Gasteiger partial charge >= 0.3 is 0 Å². The van der Waals surface area contributed by atoms with Crippen LogP contribution in [-0.4, -0.2) is 10.7 Å². The average Bonchev–Trinajstić information content (AvgIpc) is 2.96. The molecule has 2 atom stereocenters. The summed E-state index contributed by atoms with van der Waals surface area (Å²) in [6.45, 7) is 0. The van der Waals surface area contributed by atoms with E-state index in [-0.39, 0.29) is 22.4 Å². The second-order valence-corrected chi connectivity index (χ2v) is 8.45. The maximum Gasteiger partial charge on any atom is 0.288 e. The van der Waals surface area contributed by atoms with Gasteiger partial charge in [-0.2, -0.15) is 0 Å². The van der Waals surface area contributed by atoms with Crippen LogP contribution in [0.3, 0.4) is 0 Å². The Bertz CT molecular complexity index is 1260. The topological polar surface area (TPSA) is 84.3 Å². The molecular weight excluding hydrogens is 426 g/mol. The minimum atomic E-state index is -0.527. The first-order valence-electron chi connectivity index (χ1n) is 10.4. The van der Waals surface area contributed by atoms with Crippen LogP contribution in [0.1, 0.15) is 35.9 Å². The van der Waals surface area contributed by atoms with E-state index in [0.29, 0.717) is 24.0 Å². The van der Waals surface area contributed by atoms with Crippen molar-refractivity contribution in [1.82, 2.24) is 0 Å². The molecule has 0 saturated heterocycles. The smallest absolute Gasteiger partial charge is 0.288 e. The summed E-state index contributed by atoms with van der Waals surface area (Å²) in [6.07, 6.45) is 1.06. The van der Waals surface area contributed by atoms with Gasteiger partial charge in [0.1, 0.15) is 5.02 Å². The van der Waals surface area contributed by atoms with E-state index >= 15 is 0 Å². The predicted octanol–water partition coefficient (Wildman–Crippen LogP) is 6.23. The number of halogens is 1. The summed E-state index contributed by atoms with van der Waals surface area (Å²) in [6, 6.07) is 21.9. The van der Waals surface area contributed by atoms with Gasteiger partial charge in [0, 0.05) is 23.8 Å². The molecule has 6 nitrogen and oxygen atoms in total. The summed E-state index contributed by atoms with van der Waals surface area (Å²) in [4.78, 5) is 24.5. The van der Waals surface area contributed by atoms with Gasteiger partial charge < -0.3 is 10.6 Å². The van der Waals surface area contributed by atoms with Gasteiger partial charge in [0.2, 0.25) is 0 Å². The molecule has 1 aliphatic carbocycles. The van der Waals surface area contributed by atoms with Gasteiger partial charge in [-0.3, -0.25) is 14.9 Å². The molecule has 32 heavy (non-hydrogen) atoms. The number of allylic oxidation sites excluding steroid dienone is 1. The van der Waals surface area contributed by atoms with Crippen molar-refractivity contribution in [2.24, 2.45) is 0 Å². The first kappa shape index (κ1) is 20.3. The minimum absolute atomic E-state index is 0.0236. The van der Waals surface area contributed by atoms with Gasteiger partial charge in [0.05, 0.1) is 22.3 Å². The van der Waals surface area contributed by atoms with E-state index in [1.807, 2.05) is 54.6 Å². The molecule has 0 amide bonds. The number of benzene rings is 3. The first-order chi connectivity index (χ1) is 15.5. The van der Waals surface area contributed by atoms with E-state index in [1.54, 1.807) is 6.07 Å². The Labute approximate surface area is 190 Å². The van der Waals surface area contributed by atoms with Gasteiger partial charge in [0.15, 0.2) is 5.78 Å². The van der Waals surface area contributed by atoms with E-state index in [0.717, 1.165) is 22.6 Å². The van der Waals surface area contributed by atoms with Gasteiger partial charge in [-0.25, -0.2) is 0 Å². The zero-order valence-corrected chi connectivity index (χ0v) is 17.8. The molecule has 3 aromatic carbocycles. The van der Waals surface area contributed by atoms with Crippen molar-refractivity contribution in [2.45, 2.75) is 24.8 Å².